The van der Waals surface area contributed by atoms with E-state index in [0.29, 0.717) is 10.0 Å². The van der Waals surface area contributed by atoms with Crippen LogP contribution in [0.1, 0.15) is 49.1 Å². The van der Waals surface area contributed by atoms with E-state index >= 15 is 0 Å². The largest absolute Gasteiger partial charge is 0.480 e. The Morgan fingerprint density at radius 2 is 1.40 bits per heavy atom. The summed E-state index contributed by atoms with van der Waals surface area (Å²) in [6.45, 7) is 5.75. The number of ether oxygens (including phenoxy) is 1. The van der Waals surface area contributed by atoms with Crippen LogP contribution in [0.15, 0.2) is 78.9 Å². The van der Waals surface area contributed by atoms with E-state index in [-0.39, 0.29) is 12.5 Å². The number of carboxylic acid groups (broad SMARTS) is 1. The molecule has 0 saturated carbocycles. The molecular formula is C28H31Cl2NO4. The van der Waals surface area contributed by atoms with Gasteiger partial charge in [0.15, 0.2) is 0 Å². The Hall–Kier alpha value is -2.86. The number of nitrogens with zero attached hydrogens (tertiary/aromatic N) is 1. The first-order chi connectivity index (χ1) is 16.8. The average molecular weight is 516 g/mol. The molecule has 4 rings (SSSR count). The Morgan fingerprint density at radius 3 is 1.83 bits per heavy atom. The summed E-state index contributed by atoms with van der Waals surface area (Å²) in [7, 11) is 0. The summed E-state index contributed by atoms with van der Waals surface area (Å²) in [5.41, 5.74) is 2.88. The van der Waals surface area contributed by atoms with E-state index in [1.54, 1.807) is 36.4 Å². The lowest BCUT2D eigenvalue weighted by molar-refractivity contribution is -0.164. The van der Waals surface area contributed by atoms with Crippen LogP contribution in [0.3, 0.4) is 0 Å². The van der Waals surface area contributed by atoms with Crippen molar-refractivity contribution < 1.29 is 19.4 Å². The number of carbonyl (C=O) groups excluding carboxylic acids is 1. The highest BCUT2D eigenvalue weighted by atomic mass is 35.5. The minimum atomic E-state index is -1.08. The molecule has 1 amide bonds. The highest BCUT2D eigenvalue weighted by Crippen LogP contribution is 2.40. The molecule has 1 N–H and O–H groups in total. The fraction of sp³-hybridized carbons (Fsp3) is 0.286. The highest BCUT2D eigenvalue weighted by molar-refractivity contribution is 6.30. The molecule has 1 saturated heterocycles. The summed E-state index contributed by atoms with van der Waals surface area (Å²) in [4.78, 5) is 24.9. The minimum Gasteiger partial charge on any atom is -0.480 e. The third kappa shape index (κ3) is 9.02. The standard InChI is InChI=1S/C18H15Cl2NO4.C7H8.C3H8/c19-13-5-1-11(2-6-13)17-18(12-3-7-14(20)8-4-12)25-10-15(22)21(17)9-16(23)24;1-7-5-3-2-4-6-7;1-3-2/h1-8,17-18H,9-10H2,(H,23,24);2-6H,1H3;3H2,1-2H3. The Morgan fingerprint density at radius 1 is 0.914 bits per heavy atom. The fourth-order valence-electron chi connectivity index (χ4n) is 3.47. The summed E-state index contributed by atoms with van der Waals surface area (Å²) >= 11 is 11.9. The van der Waals surface area contributed by atoms with E-state index in [1.807, 2.05) is 30.3 Å². The molecule has 5 nitrogen and oxygen atoms in total. The first-order valence-corrected chi connectivity index (χ1v) is 12.2. The number of carboxylic acids is 1. The summed E-state index contributed by atoms with van der Waals surface area (Å²) < 4.78 is 5.77. The second-order valence-corrected chi connectivity index (χ2v) is 8.93. The van der Waals surface area contributed by atoms with Gasteiger partial charge in [-0.3, -0.25) is 9.59 Å². The number of carbonyl (C=O) groups is 2. The molecule has 186 valence electrons. The van der Waals surface area contributed by atoms with Crippen molar-refractivity contribution in [3.8, 4) is 0 Å². The SMILES string of the molecule is CCC.Cc1ccccc1.O=C(O)CN1C(=O)COC(c2ccc(Cl)cc2)C1c1ccc(Cl)cc1. The van der Waals surface area contributed by atoms with Gasteiger partial charge in [-0.1, -0.05) is 104 Å². The number of rotatable bonds is 4. The van der Waals surface area contributed by atoms with E-state index in [2.05, 4.69) is 32.9 Å². The highest BCUT2D eigenvalue weighted by Gasteiger charge is 2.39. The van der Waals surface area contributed by atoms with Crippen LogP contribution in [0, 0.1) is 6.92 Å². The molecule has 1 aliphatic rings. The Kier molecular flexibility index (Phi) is 11.8. The van der Waals surface area contributed by atoms with Gasteiger partial charge in [0.05, 0.1) is 6.04 Å². The molecule has 0 radical (unpaired) electrons. The van der Waals surface area contributed by atoms with Gasteiger partial charge < -0.3 is 14.7 Å². The van der Waals surface area contributed by atoms with E-state index in [1.165, 1.54) is 16.9 Å². The topological polar surface area (TPSA) is 66.8 Å². The molecule has 35 heavy (non-hydrogen) atoms. The zero-order valence-corrected chi connectivity index (χ0v) is 21.7. The lowest BCUT2D eigenvalue weighted by Gasteiger charge is -2.40. The third-order valence-electron chi connectivity index (χ3n) is 4.99. The molecule has 3 aromatic carbocycles. The van der Waals surface area contributed by atoms with Crippen LogP contribution in [-0.2, 0) is 14.3 Å². The number of amides is 1. The number of hydrogen-bond acceptors (Lipinski definition) is 3. The van der Waals surface area contributed by atoms with E-state index in [9.17, 15) is 14.7 Å². The van der Waals surface area contributed by atoms with Gasteiger partial charge in [-0.2, -0.15) is 0 Å². The lowest BCUT2D eigenvalue weighted by atomic mass is 9.92. The molecule has 0 bridgehead atoms. The van der Waals surface area contributed by atoms with Crippen LogP contribution in [0.25, 0.3) is 0 Å². The number of hydrogen-bond donors (Lipinski definition) is 1. The van der Waals surface area contributed by atoms with Crippen LogP contribution in [0.4, 0.5) is 0 Å². The molecular weight excluding hydrogens is 485 g/mol. The molecule has 1 fully saturated rings. The Bertz CT molecular complexity index is 1060. The van der Waals surface area contributed by atoms with Gasteiger partial charge in [0.1, 0.15) is 19.3 Å². The van der Waals surface area contributed by atoms with Crippen LogP contribution in [-0.4, -0.2) is 35.0 Å². The molecule has 0 spiro atoms. The number of aliphatic carboxylic acids is 1. The van der Waals surface area contributed by atoms with Crippen LogP contribution in [0.5, 0.6) is 0 Å². The lowest BCUT2D eigenvalue weighted by Crippen LogP contribution is -2.47. The van der Waals surface area contributed by atoms with E-state index in [0.717, 1.165) is 11.1 Å². The van der Waals surface area contributed by atoms with Crippen molar-refractivity contribution in [2.45, 2.75) is 39.3 Å². The first-order valence-electron chi connectivity index (χ1n) is 11.4. The monoisotopic (exact) mass is 515 g/mol. The third-order valence-corrected chi connectivity index (χ3v) is 5.49. The molecule has 3 aromatic rings. The second kappa shape index (κ2) is 14.5. The smallest absolute Gasteiger partial charge is 0.323 e. The van der Waals surface area contributed by atoms with Crippen molar-refractivity contribution in [1.29, 1.82) is 0 Å². The first kappa shape index (κ1) is 28.4. The van der Waals surface area contributed by atoms with Gasteiger partial charge in [0.2, 0.25) is 5.91 Å². The minimum absolute atomic E-state index is 0.176. The molecule has 7 heteroatoms. The fourth-order valence-corrected chi connectivity index (χ4v) is 3.72. The maximum Gasteiger partial charge on any atom is 0.323 e. The van der Waals surface area contributed by atoms with Gasteiger partial charge in [0.25, 0.3) is 0 Å². The molecule has 2 atom stereocenters. The van der Waals surface area contributed by atoms with Crippen LogP contribution in [0.2, 0.25) is 10.0 Å². The summed E-state index contributed by atoms with van der Waals surface area (Å²) in [5, 5.41) is 10.4. The zero-order valence-electron chi connectivity index (χ0n) is 20.2. The van der Waals surface area contributed by atoms with Crippen molar-refractivity contribution in [3.05, 3.63) is 106 Å². The molecule has 1 heterocycles. The summed E-state index contributed by atoms with van der Waals surface area (Å²) in [5.74, 6) is -1.45. The summed E-state index contributed by atoms with van der Waals surface area (Å²) in [6.07, 6.45) is 0.746. The maximum atomic E-state index is 12.3. The molecule has 1 aliphatic heterocycles. The predicted octanol–water partition coefficient (Wildman–Crippen LogP) is 7.13. The normalized spacial score (nSPS) is 16.9. The quantitative estimate of drug-likeness (QED) is 0.401. The number of benzene rings is 3. The van der Waals surface area contributed by atoms with Crippen molar-refractivity contribution >= 4 is 35.1 Å². The predicted molar refractivity (Wildman–Crippen MR) is 141 cm³/mol. The molecule has 0 aromatic heterocycles. The van der Waals surface area contributed by atoms with Gasteiger partial charge in [-0.25, -0.2) is 0 Å². The van der Waals surface area contributed by atoms with Crippen molar-refractivity contribution in [2.24, 2.45) is 0 Å². The second-order valence-electron chi connectivity index (χ2n) is 8.06. The zero-order chi connectivity index (χ0) is 25.8. The number of halogens is 2. The van der Waals surface area contributed by atoms with Crippen molar-refractivity contribution in [3.63, 3.8) is 0 Å². The van der Waals surface area contributed by atoms with Gasteiger partial charge >= 0.3 is 5.97 Å². The van der Waals surface area contributed by atoms with Gasteiger partial charge in [0, 0.05) is 10.0 Å². The van der Waals surface area contributed by atoms with Crippen molar-refractivity contribution in [1.82, 2.24) is 4.90 Å². The summed E-state index contributed by atoms with van der Waals surface area (Å²) in [6, 6.07) is 23.7. The average Bonchev–Trinajstić information content (AvgIpc) is 2.83. The van der Waals surface area contributed by atoms with Gasteiger partial charge in [-0.15, -0.1) is 0 Å². The van der Waals surface area contributed by atoms with Crippen LogP contribution < -0.4 is 0 Å². The number of morpholine rings is 1. The molecule has 0 aliphatic carbocycles. The van der Waals surface area contributed by atoms with E-state index < -0.39 is 24.7 Å². The number of aryl methyl sites for hydroxylation is 1. The molecule has 2 unspecified atom stereocenters. The Balaban J connectivity index is 0.000000361. The maximum absolute atomic E-state index is 12.3. The van der Waals surface area contributed by atoms with Gasteiger partial charge in [-0.05, 0) is 42.3 Å². The van der Waals surface area contributed by atoms with E-state index in [4.69, 9.17) is 27.9 Å². The van der Waals surface area contributed by atoms with Crippen molar-refractivity contribution in [2.75, 3.05) is 13.2 Å². The Labute approximate surface area is 217 Å². The van der Waals surface area contributed by atoms with Crippen LogP contribution >= 0.6 is 23.2 Å².